The van der Waals surface area contributed by atoms with Crippen LogP contribution in [-0.4, -0.2) is 58.4 Å². The largest absolute Gasteiger partial charge is 0.498 e. The minimum Gasteiger partial charge on any atom is -0.498 e. The quantitative estimate of drug-likeness (QED) is 0.325. The van der Waals surface area contributed by atoms with Crippen LogP contribution in [0.2, 0.25) is 11.6 Å². The summed E-state index contributed by atoms with van der Waals surface area (Å²) in [5, 5.41) is 0. The highest BCUT2D eigenvalue weighted by Crippen LogP contribution is 2.46. The predicted octanol–water partition coefficient (Wildman–Crippen LogP) is 6.67. The number of methoxy groups -OCH3 is 2. The maximum atomic E-state index is 6.71. The van der Waals surface area contributed by atoms with Gasteiger partial charge in [0.05, 0.1) is 33.5 Å². The smallest absolute Gasteiger partial charge is 0.454 e. The van der Waals surface area contributed by atoms with Gasteiger partial charge in [-0.25, -0.2) is 0 Å². The molecule has 0 amide bonds. The number of hydrogen-bond acceptors (Lipinski definition) is 5. The van der Waals surface area contributed by atoms with Gasteiger partial charge in [-0.1, -0.05) is 55.2 Å². The molecule has 1 fully saturated rings. The first kappa shape index (κ1) is 28.5. The third-order valence-corrected chi connectivity index (χ3v) is 9.43. The molecule has 2 aliphatic rings. The third kappa shape index (κ3) is 6.55. The molecule has 202 valence electrons. The Morgan fingerprint density at radius 1 is 1.00 bits per heavy atom. The van der Waals surface area contributed by atoms with Gasteiger partial charge >= 0.3 is 14.5 Å². The molecular formula is C31H46AlNO4. The van der Waals surface area contributed by atoms with Gasteiger partial charge in [0, 0.05) is 24.1 Å². The van der Waals surface area contributed by atoms with Crippen molar-refractivity contribution in [3.05, 3.63) is 59.2 Å². The van der Waals surface area contributed by atoms with Gasteiger partial charge in [-0.3, -0.25) is 4.90 Å². The van der Waals surface area contributed by atoms with Crippen molar-refractivity contribution >= 4 is 14.5 Å². The van der Waals surface area contributed by atoms with Crippen molar-refractivity contribution in [3.63, 3.8) is 0 Å². The van der Waals surface area contributed by atoms with Gasteiger partial charge < -0.3 is 18.0 Å². The Labute approximate surface area is 229 Å². The second-order valence-corrected chi connectivity index (χ2v) is 14.1. The van der Waals surface area contributed by atoms with Gasteiger partial charge in [-0.05, 0) is 67.9 Å². The summed E-state index contributed by atoms with van der Waals surface area (Å²) < 4.78 is 24.5. The monoisotopic (exact) mass is 523 g/mol. The zero-order chi connectivity index (χ0) is 26.6. The van der Waals surface area contributed by atoms with Crippen LogP contribution in [0.25, 0.3) is 0 Å². The highest BCUT2D eigenvalue weighted by atomic mass is 27.2. The molecule has 0 saturated heterocycles. The Morgan fingerprint density at radius 3 is 2.38 bits per heavy atom. The fourth-order valence-electron chi connectivity index (χ4n) is 6.61. The van der Waals surface area contributed by atoms with Gasteiger partial charge in [0.15, 0.2) is 11.5 Å². The minimum atomic E-state index is -1.14. The first-order valence-electron chi connectivity index (χ1n) is 14.0. The van der Waals surface area contributed by atoms with Crippen molar-refractivity contribution in [3.8, 4) is 11.5 Å². The zero-order valence-electron chi connectivity index (χ0n) is 24.0. The Morgan fingerprint density at radius 2 is 1.70 bits per heavy atom. The lowest BCUT2D eigenvalue weighted by Gasteiger charge is -2.54. The van der Waals surface area contributed by atoms with Gasteiger partial charge in [-0.15, -0.1) is 0 Å². The molecular weight excluding hydrogens is 477 g/mol. The molecule has 1 aliphatic carbocycles. The van der Waals surface area contributed by atoms with E-state index in [0.717, 1.165) is 30.4 Å². The van der Waals surface area contributed by atoms with Crippen molar-refractivity contribution in [2.75, 3.05) is 27.4 Å². The predicted molar refractivity (Wildman–Crippen MR) is 152 cm³/mol. The first-order chi connectivity index (χ1) is 17.7. The molecule has 2 aromatic carbocycles. The fraction of sp³-hybridized carbons (Fsp3) is 0.613. The van der Waals surface area contributed by atoms with Crippen molar-refractivity contribution in [1.29, 1.82) is 0 Å². The molecule has 37 heavy (non-hydrogen) atoms. The van der Waals surface area contributed by atoms with E-state index in [1.54, 1.807) is 14.2 Å². The van der Waals surface area contributed by atoms with E-state index in [-0.39, 0.29) is 11.6 Å². The van der Waals surface area contributed by atoms with Crippen molar-refractivity contribution in [1.82, 2.24) is 4.90 Å². The van der Waals surface area contributed by atoms with Gasteiger partial charge in [0.1, 0.15) is 0 Å². The molecule has 1 heterocycles. The lowest BCUT2D eigenvalue weighted by Crippen LogP contribution is -2.58. The number of nitrogens with zero attached hydrogens (tertiary/aromatic N) is 1. The molecule has 1 aliphatic heterocycles. The number of hydrogen-bond donors (Lipinski definition) is 0. The summed E-state index contributed by atoms with van der Waals surface area (Å²) in [6.45, 7) is 9.52. The summed E-state index contributed by atoms with van der Waals surface area (Å²) in [5.74, 6) is 7.42. The van der Waals surface area contributed by atoms with Crippen molar-refractivity contribution < 1.29 is 18.0 Å². The Hall–Kier alpha value is -1.55. The normalized spacial score (nSPS) is 24.4. The standard InChI is InChI=1S/C29H40NO4.2CH3.Al/c1-20-11-12-24(26(31)15-20)29(2,3)30-14-13-22-16-27(32-4)28(33-5)17-23(22)25(30)19-34-18-21-9-7-6-8-10-21;;;/h6-10,16-17,20,24-26H,11-15,18-19H2,1-5H3;2*1H3;/q-1;;;+1/t20?,24?,25-,26?;;;/m1.../s1. The highest BCUT2D eigenvalue weighted by molar-refractivity contribution is 6.48. The lowest BCUT2D eigenvalue weighted by atomic mass is 9.70. The average Bonchev–Trinajstić information content (AvgIpc) is 2.87. The second-order valence-electron chi connectivity index (χ2n) is 11.8. The number of ether oxygens (including phenoxy) is 3. The molecule has 0 spiro atoms. The van der Waals surface area contributed by atoms with Crippen LogP contribution in [0.5, 0.6) is 11.5 Å². The van der Waals surface area contributed by atoms with Crippen LogP contribution in [0.1, 0.15) is 62.8 Å². The summed E-state index contributed by atoms with van der Waals surface area (Å²) >= 11 is -1.14. The lowest BCUT2D eigenvalue weighted by molar-refractivity contribution is -0.0728. The fourth-order valence-corrected chi connectivity index (χ4v) is 7.61. The zero-order valence-corrected chi connectivity index (χ0v) is 25.1. The molecule has 3 unspecified atom stereocenters. The first-order valence-corrected chi connectivity index (χ1v) is 16.8. The highest BCUT2D eigenvalue weighted by Gasteiger charge is 2.46. The molecule has 6 heteroatoms. The molecule has 4 atom stereocenters. The summed E-state index contributed by atoms with van der Waals surface area (Å²) in [7, 11) is 3.43. The summed E-state index contributed by atoms with van der Waals surface area (Å²) in [6, 6.07) is 14.9. The molecule has 0 radical (unpaired) electrons. The molecule has 4 rings (SSSR count). The number of fused-ring (bicyclic) bond motifs is 1. The molecule has 0 N–H and O–H groups in total. The minimum absolute atomic E-state index is 0.0281. The summed E-state index contributed by atoms with van der Waals surface area (Å²) in [4.78, 5) is 2.71. The van der Waals surface area contributed by atoms with E-state index in [9.17, 15) is 0 Å². The Balaban J connectivity index is 1.66. The van der Waals surface area contributed by atoms with Crippen LogP contribution in [0.3, 0.4) is 0 Å². The van der Waals surface area contributed by atoms with E-state index in [4.69, 9.17) is 18.0 Å². The van der Waals surface area contributed by atoms with Gasteiger partial charge in [-0.2, -0.15) is 0 Å². The van der Waals surface area contributed by atoms with E-state index in [0.29, 0.717) is 25.2 Å². The molecule has 0 aromatic heterocycles. The van der Waals surface area contributed by atoms with Gasteiger partial charge in [0.25, 0.3) is 0 Å². The molecule has 1 saturated carbocycles. The average molecular weight is 524 g/mol. The maximum Gasteiger partial charge on any atom is 0.454 e. The summed E-state index contributed by atoms with van der Waals surface area (Å²) in [6.07, 6.45) is 4.99. The van der Waals surface area contributed by atoms with E-state index in [2.05, 4.69) is 73.6 Å². The van der Waals surface area contributed by atoms with Crippen molar-refractivity contribution in [2.24, 2.45) is 11.8 Å². The topological polar surface area (TPSA) is 40.2 Å². The van der Waals surface area contributed by atoms with E-state index in [1.807, 2.05) is 6.07 Å². The SMILES string of the molecule is COc1cc2c(cc1OC)[C@@H](COCc1ccccc1)N(C(C)(C)C1CCC(C)CC1[O][Al]([CH3])[CH3])CC2. The van der Waals surface area contributed by atoms with E-state index in [1.165, 1.54) is 36.0 Å². The van der Waals surface area contributed by atoms with E-state index >= 15 is 0 Å². The van der Waals surface area contributed by atoms with Crippen LogP contribution >= 0.6 is 0 Å². The molecule has 0 bridgehead atoms. The van der Waals surface area contributed by atoms with Crippen LogP contribution in [-0.2, 0) is 21.6 Å². The van der Waals surface area contributed by atoms with Crippen LogP contribution in [0.15, 0.2) is 42.5 Å². The second kappa shape index (κ2) is 12.5. The van der Waals surface area contributed by atoms with Crippen molar-refractivity contribution in [2.45, 2.75) is 82.3 Å². The van der Waals surface area contributed by atoms with Gasteiger partial charge in [0.2, 0.25) is 0 Å². The number of rotatable bonds is 10. The Kier molecular flexibility index (Phi) is 9.64. The molecule has 5 nitrogen and oxygen atoms in total. The van der Waals surface area contributed by atoms with Crippen LogP contribution < -0.4 is 9.47 Å². The third-order valence-electron chi connectivity index (χ3n) is 8.54. The molecule has 2 aromatic rings. The maximum absolute atomic E-state index is 6.71. The Bertz CT molecular complexity index is 1010. The van der Waals surface area contributed by atoms with Crippen LogP contribution in [0, 0.1) is 11.8 Å². The number of benzene rings is 2. The van der Waals surface area contributed by atoms with E-state index < -0.39 is 14.5 Å². The van der Waals surface area contributed by atoms with Crippen LogP contribution in [0.4, 0.5) is 0 Å². The summed E-state index contributed by atoms with van der Waals surface area (Å²) in [5.41, 5.74) is 3.80.